The van der Waals surface area contributed by atoms with Crippen molar-refractivity contribution in [2.24, 2.45) is 0 Å². The average molecular weight is 266 g/mol. The van der Waals surface area contributed by atoms with Crippen LogP contribution in [0.4, 0.5) is 5.69 Å². The van der Waals surface area contributed by atoms with E-state index < -0.39 is 9.84 Å². The molecule has 18 heavy (non-hydrogen) atoms. The third-order valence-corrected chi connectivity index (χ3v) is 5.04. The summed E-state index contributed by atoms with van der Waals surface area (Å²) in [6.45, 7) is 0. The Morgan fingerprint density at radius 2 is 2.22 bits per heavy atom. The minimum Gasteiger partial charge on any atom is -0.397 e. The maximum atomic E-state index is 11.7. The highest BCUT2D eigenvalue weighted by Crippen LogP contribution is 2.26. The molecular weight excluding hydrogens is 252 g/mol. The van der Waals surface area contributed by atoms with Gasteiger partial charge in [-0.2, -0.15) is 5.10 Å². The van der Waals surface area contributed by atoms with Crippen molar-refractivity contribution in [3.8, 4) is 0 Å². The Morgan fingerprint density at radius 1 is 1.39 bits per heavy atom. The van der Waals surface area contributed by atoms with E-state index in [0.29, 0.717) is 17.8 Å². The van der Waals surface area contributed by atoms with Crippen LogP contribution in [-0.4, -0.2) is 34.7 Å². The zero-order valence-corrected chi connectivity index (χ0v) is 10.6. The van der Waals surface area contributed by atoms with Gasteiger partial charge in [-0.15, -0.1) is 0 Å². The molecule has 1 fully saturated rings. The lowest BCUT2D eigenvalue weighted by Gasteiger charge is -2.22. The number of aromatic nitrogens is 3. The number of hydrogen-bond acceptors (Lipinski definition) is 5. The van der Waals surface area contributed by atoms with Gasteiger partial charge in [0.2, 0.25) is 0 Å². The molecule has 96 valence electrons. The number of nitrogens with two attached hydrogens (primary N) is 1. The molecule has 2 aromatic rings. The second kappa shape index (κ2) is 3.94. The molecule has 3 rings (SSSR count). The van der Waals surface area contributed by atoms with Crippen LogP contribution in [-0.2, 0) is 9.84 Å². The fourth-order valence-electron chi connectivity index (χ4n) is 2.42. The summed E-state index contributed by atoms with van der Waals surface area (Å²) < 4.78 is 25.0. The van der Waals surface area contributed by atoms with Gasteiger partial charge in [-0.1, -0.05) is 0 Å². The van der Waals surface area contributed by atoms with Crippen LogP contribution in [0.25, 0.3) is 11.0 Å². The number of hydrogen-bond donors (Lipinski definition) is 1. The van der Waals surface area contributed by atoms with E-state index in [2.05, 4.69) is 10.1 Å². The first kappa shape index (κ1) is 11.5. The standard InChI is InChI=1S/C11H14N4O2S/c12-9-4-8-5-14-15(11(8)13-6-9)10-2-1-3-18(16,17)7-10/h4-6,10H,1-3,7,12H2. The molecular formula is C11H14N4O2S. The molecule has 1 aliphatic heterocycles. The number of rotatable bonds is 1. The first-order chi connectivity index (χ1) is 8.55. The van der Waals surface area contributed by atoms with E-state index in [1.165, 1.54) is 0 Å². The van der Waals surface area contributed by atoms with Gasteiger partial charge in [0.25, 0.3) is 0 Å². The van der Waals surface area contributed by atoms with Crippen molar-refractivity contribution in [3.63, 3.8) is 0 Å². The van der Waals surface area contributed by atoms with Gasteiger partial charge in [0.1, 0.15) is 0 Å². The van der Waals surface area contributed by atoms with Crippen LogP contribution in [0.3, 0.4) is 0 Å². The van der Waals surface area contributed by atoms with Gasteiger partial charge < -0.3 is 5.73 Å². The number of nitrogens with zero attached hydrogens (tertiary/aromatic N) is 3. The number of anilines is 1. The van der Waals surface area contributed by atoms with E-state index in [1.807, 2.05) is 0 Å². The largest absolute Gasteiger partial charge is 0.397 e. The van der Waals surface area contributed by atoms with Crippen LogP contribution < -0.4 is 5.73 Å². The van der Waals surface area contributed by atoms with Crippen LogP contribution in [0.1, 0.15) is 18.9 Å². The SMILES string of the molecule is Nc1cnc2c(cnn2C2CCCS(=O)(=O)C2)c1. The Hall–Kier alpha value is -1.63. The average Bonchev–Trinajstić information content (AvgIpc) is 2.70. The van der Waals surface area contributed by atoms with Crippen molar-refractivity contribution in [1.82, 2.24) is 14.8 Å². The minimum absolute atomic E-state index is 0.114. The zero-order chi connectivity index (χ0) is 12.8. The monoisotopic (exact) mass is 266 g/mol. The molecule has 0 bridgehead atoms. The summed E-state index contributed by atoms with van der Waals surface area (Å²) in [7, 11) is -2.95. The normalized spacial score (nSPS) is 23.2. The van der Waals surface area contributed by atoms with E-state index in [1.54, 1.807) is 23.1 Å². The van der Waals surface area contributed by atoms with E-state index in [-0.39, 0.29) is 17.5 Å². The lowest BCUT2D eigenvalue weighted by Crippen LogP contribution is -2.28. The van der Waals surface area contributed by atoms with Crippen molar-refractivity contribution in [3.05, 3.63) is 18.5 Å². The van der Waals surface area contributed by atoms with Crippen molar-refractivity contribution in [2.45, 2.75) is 18.9 Å². The van der Waals surface area contributed by atoms with Gasteiger partial charge >= 0.3 is 0 Å². The fourth-order valence-corrected chi connectivity index (χ4v) is 4.08. The molecule has 0 saturated carbocycles. The van der Waals surface area contributed by atoms with Crippen molar-refractivity contribution in [1.29, 1.82) is 0 Å². The molecule has 1 saturated heterocycles. The van der Waals surface area contributed by atoms with E-state index in [0.717, 1.165) is 11.8 Å². The smallest absolute Gasteiger partial charge is 0.158 e. The molecule has 1 atom stereocenters. The second-order valence-electron chi connectivity index (χ2n) is 4.68. The third-order valence-electron chi connectivity index (χ3n) is 3.24. The summed E-state index contributed by atoms with van der Waals surface area (Å²) in [5.74, 6) is 0.429. The number of fused-ring (bicyclic) bond motifs is 1. The number of pyridine rings is 1. The van der Waals surface area contributed by atoms with Crippen molar-refractivity contribution >= 4 is 26.6 Å². The fraction of sp³-hybridized carbons (Fsp3) is 0.455. The quantitative estimate of drug-likeness (QED) is 0.823. The molecule has 7 heteroatoms. The minimum atomic E-state index is -2.95. The summed E-state index contributed by atoms with van der Waals surface area (Å²) in [6, 6.07) is 1.68. The first-order valence-corrected chi connectivity index (χ1v) is 7.66. The molecule has 1 aliphatic rings. The van der Waals surface area contributed by atoms with Gasteiger partial charge in [0.05, 0.1) is 35.6 Å². The van der Waals surface area contributed by atoms with Crippen LogP contribution in [0.5, 0.6) is 0 Å². The van der Waals surface area contributed by atoms with Crippen LogP contribution >= 0.6 is 0 Å². The molecule has 0 aromatic carbocycles. The summed E-state index contributed by atoms with van der Waals surface area (Å²) in [5.41, 5.74) is 6.94. The maximum Gasteiger partial charge on any atom is 0.158 e. The first-order valence-electron chi connectivity index (χ1n) is 5.84. The summed E-state index contributed by atoms with van der Waals surface area (Å²) >= 11 is 0. The number of sulfone groups is 1. The van der Waals surface area contributed by atoms with Gasteiger partial charge in [-0.25, -0.2) is 18.1 Å². The predicted molar refractivity (Wildman–Crippen MR) is 68.9 cm³/mol. The summed E-state index contributed by atoms with van der Waals surface area (Å²) in [6.07, 6.45) is 4.75. The highest BCUT2D eigenvalue weighted by atomic mass is 32.2. The summed E-state index contributed by atoms with van der Waals surface area (Å²) in [5, 5.41) is 5.11. The zero-order valence-electron chi connectivity index (χ0n) is 9.78. The van der Waals surface area contributed by atoms with E-state index in [9.17, 15) is 8.42 Å². The molecule has 3 heterocycles. The predicted octanol–water partition coefficient (Wildman–Crippen LogP) is 0.763. The van der Waals surface area contributed by atoms with Gasteiger partial charge in [-0.3, -0.25) is 0 Å². The highest BCUT2D eigenvalue weighted by Gasteiger charge is 2.27. The Morgan fingerprint density at radius 3 is 3.00 bits per heavy atom. The molecule has 0 spiro atoms. The van der Waals surface area contributed by atoms with E-state index in [4.69, 9.17) is 5.73 Å². The summed E-state index contributed by atoms with van der Waals surface area (Å²) in [4.78, 5) is 4.24. The maximum absolute atomic E-state index is 11.7. The van der Waals surface area contributed by atoms with Crippen molar-refractivity contribution < 1.29 is 8.42 Å². The van der Waals surface area contributed by atoms with Gasteiger partial charge in [-0.05, 0) is 18.9 Å². The Labute approximate surface area is 105 Å². The molecule has 6 nitrogen and oxygen atoms in total. The molecule has 2 aromatic heterocycles. The molecule has 0 amide bonds. The molecule has 2 N–H and O–H groups in total. The Balaban J connectivity index is 2.04. The van der Waals surface area contributed by atoms with Crippen LogP contribution in [0.2, 0.25) is 0 Å². The Kier molecular flexibility index (Phi) is 2.51. The van der Waals surface area contributed by atoms with E-state index >= 15 is 0 Å². The second-order valence-corrected chi connectivity index (χ2v) is 6.91. The molecule has 0 aliphatic carbocycles. The van der Waals surface area contributed by atoms with Crippen LogP contribution in [0, 0.1) is 0 Å². The highest BCUT2D eigenvalue weighted by molar-refractivity contribution is 7.91. The topological polar surface area (TPSA) is 90.9 Å². The lowest BCUT2D eigenvalue weighted by molar-refractivity contribution is 0.444. The number of nitrogen functional groups attached to an aromatic ring is 1. The lowest BCUT2D eigenvalue weighted by atomic mass is 10.2. The van der Waals surface area contributed by atoms with Gasteiger partial charge in [0, 0.05) is 5.39 Å². The van der Waals surface area contributed by atoms with Crippen LogP contribution in [0.15, 0.2) is 18.5 Å². The van der Waals surface area contributed by atoms with Gasteiger partial charge in [0.15, 0.2) is 15.5 Å². The third kappa shape index (κ3) is 1.94. The molecule has 0 radical (unpaired) electrons. The Bertz CT molecular complexity index is 692. The molecule has 1 unspecified atom stereocenters. The van der Waals surface area contributed by atoms with Crippen molar-refractivity contribution in [2.75, 3.05) is 17.2 Å².